The summed E-state index contributed by atoms with van der Waals surface area (Å²) in [7, 11) is 3.55. The Morgan fingerprint density at radius 1 is 1.30 bits per heavy atom. The lowest BCUT2D eigenvalue weighted by Gasteiger charge is -2.25. The van der Waals surface area contributed by atoms with Crippen molar-refractivity contribution in [2.24, 2.45) is 5.41 Å². The van der Waals surface area contributed by atoms with Gasteiger partial charge >= 0.3 is 0 Å². The fourth-order valence-corrected chi connectivity index (χ4v) is 2.78. The third-order valence-corrected chi connectivity index (χ3v) is 4.56. The molecule has 1 aromatic carbocycles. The lowest BCUT2D eigenvalue weighted by molar-refractivity contribution is -0.121. The number of amides is 1. The van der Waals surface area contributed by atoms with Crippen molar-refractivity contribution in [2.45, 2.75) is 46.3 Å². The van der Waals surface area contributed by atoms with Crippen molar-refractivity contribution < 1.29 is 9.90 Å². The van der Waals surface area contributed by atoms with Gasteiger partial charge in [-0.2, -0.15) is 0 Å². The number of aliphatic hydroxyl groups excluding tert-OH is 1. The molecule has 1 heterocycles. The molecule has 7 heteroatoms. The van der Waals surface area contributed by atoms with E-state index in [1.807, 2.05) is 45.0 Å². The molecule has 148 valence electrons. The first-order valence-electron chi connectivity index (χ1n) is 9.23. The molecule has 2 aromatic rings. The quantitative estimate of drug-likeness (QED) is 0.771. The summed E-state index contributed by atoms with van der Waals surface area (Å²) >= 11 is 0. The molecule has 0 aliphatic carbocycles. The van der Waals surface area contributed by atoms with Crippen LogP contribution in [0.4, 0.5) is 5.82 Å². The van der Waals surface area contributed by atoms with Crippen molar-refractivity contribution in [3.8, 4) is 0 Å². The minimum Gasteiger partial charge on any atom is -0.393 e. The number of nitrogens with one attached hydrogen (secondary N) is 1. The van der Waals surface area contributed by atoms with Crippen LogP contribution >= 0.6 is 0 Å². The molecule has 0 spiro atoms. The van der Waals surface area contributed by atoms with Crippen molar-refractivity contribution in [2.75, 3.05) is 25.5 Å². The number of hydrogen-bond acceptors (Lipinski definition) is 5. The minimum absolute atomic E-state index is 0.143. The van der Waals surface area contributed by atoms with E-state index < -0.39 is 6.10 Å². The van der Waals surface area contributed by atoms with E-state index in [0.717, 1.165) is 5.52 Å². The van der Waals surface area contributed by atoms with Gasteiger partial charge in [-0.15, -0.1) is 0 Å². The van der Waals surface area contributed by atoms with E-state index in [-0.39, 0.29) is 29.8 Å². The van der Waals surface area contributed by atoms with Crippen molar-refractivity contribution in [1.29, 1.82) is 0 Å². The van der Waals surface area contributed by atoms with Gasteiger partial charge in [-0.3, -0.25) is 9.59 Å². The summed E-state index contributed by atoms with van der Waals surface area (Å²) in [6.07, 6.45) is 0.206. The maximum absolute atomic E-state index is 12.7. The zero-order chi connectivity index (χ0) is 20.2. The van der Waals surface area contributed by atoms with Crippen LogP contribution in [0.15, 0.2) is 29.1 Å². The number of carbonyl (C=O) groups excluding carboxylic acids is 1. The molecule has 0 saturated carbocycles. The molecule has 0 aliphatic heterocycles. The van der Waals surface area contributed by atoms with E-state index in [1.54, 1.807) is 23.6 Å². The second-order valence-corrected chi connectivity index (χ2v) is 8.05. The van der Waals surface area contributed by atoms with E-state index in [4.69, 9.17) is 0 Å². The summed E-state index contributed by atoms with van der Waals surface area (Å²) < 4.78 is 1.60. The van der Waals surface area contributed by atoms with Gasteiger partial charge in [0, 0.05) is 33.6 Å². The third-order valence-electron chi connectivity index (χ3n) is 4.56. The summed E-state index contributed by atoms with van der Waals surface area (Å²) in [6.45, 7) is 6.57. The number of fused-ring (bicyclic) bond motifs is 1. The Labute approximate surface area is 160 Å². The molecular weight excluding hydrogens is 344 g/mol. The lowest BCUT2D eigenvalue weighted by Crippen LogP contribution is -2.34. The van der Waals surface area contributed by atoms with Crippen LogP contribution < -0.4 is 15.8 Å². The van der Waals surface area contributed by atoms with Gasteiger partial charge in [-0.05, 0) is 24.0 Å². The van der Waals surface area contributed by atoms with Crippen LogP contribution in [0, 0.1) is 5.41 Å². The average Bonchev–Trinajstić information content (AvgIpc) is 2.59. The molecule has 0 bridgehead atoms. The lowest BCUT2D eigenvalue weighted by atomic mass is 9.87. The number of benzene rings is 1. The summed E-state index contributed by atoms with van der Waals surface area (Å²) in [5, 5.41) is 12.9. The van der Waals surface area contributed by atoms with Gasteiger partial charge < -0.3 is 19.9 Å². The number of rotatable bonds is 7. The maximum Gasteiger partial charge on any atom is 0.293 e. The maximum atomic E-state index is 12.7. The van der Waals surface area contributed by atoms with Crippen molar-refractivity contribution in [1.82, 2.24) is 14.9 Å². The normalized spacial score (nSPS) is 12.8. The zero-order valence-electron chi connectivity index (χ0n) is 16.8. The SMILES string of the molecule is CN(C)c1nc2ccccc2n(CCC(=O)NCCC(O)C(C)(C)C)c1=O. The number of hydrogen-bond donors (Lipinski definition) is 2. The second kappa shape index (κ2) is 8.52. The number of carbonyl (C=O) groups is 1. The Morgan fingerprint density at radius 3 is 2.59 bits per heavy atom. The van der Waals surface area contributed by atoms with Gasteiger partial charge in [0.05, 0.1) is 17.1 Å². The minimum atomic E-state index is -0.479. The number of aromatic nitrogens is 2. The fraction of sp³-hybridized carbons (Fsp3) is 0.550. The Hall–Kier alpha value is -2.41. The highest BCUT2D eigenvalue weighted by atomic mass is 16.3. The van der Waals surface area contributed by atoms with Crippen LogP contribution in [0.5, 0.6) is 0 Å². The van der Waals surface area contributed by atoms with E-state index in [2.05, 4.69) is 10.3 Å². The molecule has 1 amide bonds. The Balaban J connectivity index is 2.07. The number of anilines is 1. The van der Waals surface area contributed by atoms with Crippen molar-refractivity contribution in [3.05, 3.63) is 34.6 Å². The molecule has 0 aliphatic rings. The van der Waals surface area contributed by atoms with Gasteiger partial charge in [-0.1, -0.05) is 32.9 Å². The largest absolute Gasteiger partial charge is 0.393 e. The number of aryl methyl sites for hydroxylation is 1. The molecule has 7 nitrogen and oxygen atoms in total. The predicted octanol–water partition coefficient (Wildman–Crippen LogP) is 1.77. The van der Waals surface area contributed by atoms with Crippen molar-refractivity contribution in [3.63, 3.8) is 0 Å². The molecule has 2 rings (SSSR count). The van der Waals surface area contributed by atoms with Gasteiger partial charge in [0.25, 0.3) is 5.56 Å². The van der Waals surface area contributed by atoms with E-state index in [1.165, 1.54) is 0 Å². The van der Waals surface area contributed by atoms with Gasteiger partial charge in [0.15, 0.2) is 5.82 Å². The molecule has 1 aromatic heterocycles. The summed E-state index contributed by atoms with van der Waals surface area (Å²) in [5.41, 5.74) is 1.00. The van der Waals surface area contributed by atoms with E-state index in [0.29, 0.717) is 24.3 Å². The first-order chi connectivity index (χ1) is 12.6. The Bertz CT molecular complexity index is 852. The van der Waals surface area contributed by atoms with Crippen LogP contribution in [-0.4, -0.2) is 47.3 Å². The van der Waals surface area contributed by atoms with E-state index in [9.17, 15) is 14.7 Å². The molecule has 27 heavy (non-hydrogen) atoms. The van der Waals surface area contributed by atoms with Gasteiger partial charge in [0.1, 0.15) is 0 Å². The zero-order valence-corrected chi connectivity index (χ0v) is 16.8. The molecule has 2 N–H and O–H groups in total. The van der Waals surface area contributed by atoms with E-state index >= 15 is 0 Å². The predicted molar refractivity (Wildman–Crippen MR) is 108 cm³/mol. The highest BCUT2D eigenvalue weighted by Gasteiger charge is 2.21. The van der Waals surface area contributed by atoms with Crippen LogP contribution in [0.25, 0.3) is 11.0 Å². The second-order valence-electron chi connectivity index (χ2n) is 8.05. The summed E-state index contributed by atoms with van der Waals surface area (Å²) in [4.78, 5) is 31.0. The van der Waals surface area contributed by atoms with Gasteiger partial charge in [0.2, 0.25) is 5.91 Å². The first-order valence-corrected chi connectivity index (χ1v) is 9.23. The monoisotopic (exact) mass is 374 g/mol. The van der Waals surface area contributed by atoms with Crippen LogP contribution in [0.3, 0.4) is 0 Å². The first kappa shape index (κ1) is 20.9. The Morgan fingerprint density at radius 2 is 1.96 bits per heavy atom. The number of para-hydroxylation sites is 2. The highest BCUT2D eigenvalue weighted by molar-refractivity contribution is 5.78. The van der Waals surface area contributed by atoms with Crippen LogP contribution in [0.1, 0.15) is 33.6 Å². The molecule has 0 radical (unpaired) electrons. The van der Waals surface area contributed by atoms with Crippen LogP contribution in [-0.2, 0) is 11.3 Å². The summed E-state index contributed by atoms with van der Waals surface area (Å²) in [5.74, 6) is 0.206. The molecular formula is C20H30N4O3. The number of nitrogens with zero attached hydrogens (tertiary/aromatic N) is 3. The standard InChI is InChI=1S/C20H30N4O3/c1-20(2,3)16(25)10-12-21-17(26)11-13-24-15-9-7-6-8-14(15)22-18(19(24)27)23(4)5/h6-9,16,25H,10-13H2,1-5H3,(H,21,26). The molecule has 1 unspecified atom stereocenters. The molecule has 0 fully saturated rings. The third kappa shape index (κ3) is 5.29. The number of aliphatic hydroxyl groups is 1. The highest BCUT2D eigenvalue weighted by Crippen LogP contribution is 2.21. The average molecular weight is 374 g/mol. The smallest absolute Gasteiger partial charge is 0.293 e. The Kier molecular flexibility index (Phi) is 6.59. The van der Waals surface area contributed by atoms with Crippen LogP contribution in [0.2, 0.25) is 0 Å². The topological polar surface area (TPSA) is 87.5 Å². The summed E-state index contributed by atoms with van der Waals surface area (Å²) in [6, 6.07) is 7.41. The van der Waals surface area contributed by atoms with Crippen molar-refractivity contribution >= 4 is 22.8 Å². The molecule has 1 atom stereocenters. The van der Waals surface area contributed by atoms with Gasteiger partial charge in [-0.25, -0.2) is 4.98 Å². The fourth-order valence-electron chi connectivity index (χ4n) is 2.78. The molecule has 0 saturated heterocycles.